The van der Waals surface area contributed by atoms with Crippen LogP contribution in [0.5, 0.6) is 0 Å². The second-order valence-corrected chi connectivity index (χ2v) is 0.794. The van der Waals surface area contributed by atoms with Crippen molar-refractivity contribution in [3.8, 4) is 0 Å². The van der Waals surface area contributed by atoms with Crippen molar-refractivity contribution in [3.05, 3.63) is 19.0 Å². The van der Waals surface area contributed by atoms with Crippen molar-refractivity contribution in [1.82, 2.24) is 15.0 Å². The van der Waals surface area contributed by atoms with Gasteiger partial charge in [0.15, 0.2) is 0 Å². The van der Waals surface area contributed by atoms with Gasteiger partial charge in [0, 0.05) is 0 Å². The molecule has 1 heterocycles. The van der Waals surface area contributed by atoms with Gasteiger partial charge in [0.25, 0.3) is 0 Å². The Bertz CT molecular complexity index is 82.1. The molecule has 0 saturated carbocycles. The molecule has 0 unspecified atom stereocenters. The van der Waals surface area contributed by atoms with Crippen LogP contribution in [0.1, 0.15) is 0 Å². The molecule has 1 aromatic rings. The van der Waals surface area contributed by atoms with Gasteiger partial charge in [0.1, 0.15) is 19.0 Å². The van der Waals surface area contributed by atoms with Crippen molar-refractivity contribution in [2.24, 2.45) is 0 Å². The average Bonchev–Trinajstić information content (AvgIpc) is 1.72. The van der Waals surface area contributed by atoms with Crippen LogP contribution in [0.3, 0.4) is 0 Å². The molecule has 4 heteroatoms. The number of hydrogen-bond acceptors (Lipinski definition) is 3. The van der Waals surface area contributed by atoms with Crippen LogP contribution in [0.25, 0.3) is 0 Å². The fraction of sp³-hybridized carbons (Fsp3) is 0. The molecule has 3 nitrogen and oxygen atoms in total. The van der Waals surface area contributed by atoms with Crippen molar-refractivity contribution < 1.29 is 0 Å². The molecule has 38 valence electrons. The first-order valence-corrected chi connectivity index (χ1v) is 1.55. The van der Waals surface area contributed by atoms with Crippen molar-refractivity contribution in [3.63, 3.8) is 0 Å². The molecule has 0 atom stereocenters. The minimum absolute atomic E-state index is 0. The molecule has 0 aliphatic heterocycles. The van der Waals surface area contributed by atoms with Crippen molar-refractivity contribution in [1.29, 1.82) is 0 Å². The standard InChI is InChI=1S/C3H3N3.Bi.3H/c1-4-2-6-3-5-1;;;;/h1-3H;;;;. The van der Waals surface area contributed by atoms with Gasteiger partial charge in [-0.25, -0.2) is 15.0 Å². The molecule has 1 rings (SSSR count). The van der Waals surface area contributed by atoms with E-state index in [1.807, 2.05) is 0 Å². The van der Waals surface area contributed by atoms with Gasteiger partial charge >= 0.3 is 26.2 Å². The van der Waals surface area contributed by atoms with E-state index in [1.54, 1.807) is 0 Å². The first kappa shape index (κ1) is 6.89. The van der Waals surface area contributed by atoms with E-state index in [4.69, 9.17) is 0 Å². The van der Waals surface area contributed by atoms with Gasteiger partial charge in [0.2, 0.25) is 0 Å². The molecule has 0 bridgehead atoms. The molecular formula is C3H6BiN3. The minimum atomic E-state index is 0. The monoisotopic (exact) mass is 293 g/mol. The third-order valence-electron chi connectivity index (χ3n) is 0.400. The Hall–Kier alpha value is -0.107. The maximum absolute atomic E-state index is 3.56. The summed E-state index contributed by atoms with van der Waals surface area (Å²) in [5.74, 6) is 0. The molecule has 0 saturated heterocycles. The van der Waals surface area contributed by atoms with E-state index >= 15 is 0 Å². The predicted octanol–water partition coefficient (Wildman–Crippen LogP) is -1.31. The Balaban J connectivity index is 0.000000360. The number of rotatable bonds is 0. The summed E-state index contributed by atoms with van der Waals surface area (Å²) in [6.07, 6.45) is 4.31. The molecule has 7 heavy (non-hydrogen) atoms. The van der Waals surface area contributed by atoms with Gasteiger partial charge < -0.3 is 0 Å². The number of aromatic nitrogens is 3. The van der Waals surface area contributed by atoms with Gasteiger partial charge in [-0.1, -0.05) is 0 Å². The summed E-state index contributed by atoms with van der Waals surface area (Å²) in [5, 5.41) is 0. The summed E-state index contributed by atoms with van der Waals surface area (Å²) < 4.78 is 0. The Labute approximate surface area is 60.3 Å². The van der Waals surface area contributed by atoms with Crippen LogP contribution in [0, 0.1) is 0 Å². The largest absolute Gasteiger partial charge is 0.225 e. The normalized spacial score (nSPS) is 6.86. The van der Waals surface area contributed by atoms with E-state index in [-0.39, 0.29) is 26.2 Å². The van der Waals surface area contributed by atoms with E-state index < -0.39 is 0 Å². The van der Waals surface area contributed by atoms with Gasteiger partial charge in [-0.05, 0) is 0 Å². The van der Waals surface area contributed by atoms with Crippen LogP contribution < -0.4 is 0 Å². The predicted molar refractivity (Wildman–Crippen MR) is 29.8 cm³/mol. The molecule has 0 spiro atoms. The van der Waals surface area contributed by atoms with Gasteiger partial charge in [-0.15, -0.1) is 0 Å². The molecule has 0 aromatic carbocycles. The molecule has 0 amide bonds. The average molecular weight is 293 g/mol. The van der Waals surface area contributed by atoms with Gasteiger partial charge in [-0.3, -0.25) is 0 Å². The third kappa shape index (κ3) is 2.57. The van der Waals surface area contributed by atoms with E-state index in [1.165, 1.54) is 19.0 Å². The van der Waals surface area contributed by atoms with Gasteiger partial charge in [0.05, 0.1) is 0 Å². The van der Waals surface area contributed by atoms with E-state index in [0.717, 1.165) is 0 Å². The van der Waals surface area contributed by atoms with Crippen LogP contribution in [-0.4, -0.2) is 41.2 Å². The summed E-state index contributed by atoms with van der Waals surface area (Å²) in [7, 11) is 0. The minimum Gasteiger partial charge on any atom is -0.225 e. The molecule has 1 aromatic heterocycles. The fourth-order valence-electron chi connectivity index (χ4n) is 0.205. The van der Waals surface area contributed by atoms with Crippen LogP contribution in [0.2, 0.25) is 0 Å². The van der Waals surface area contributed by atoms with Crippen molar-refractivity contribution in [2.45, 2.75) is 0 Å². The molecule has 0 fully saturated rings. The number of hydrogen-bond donors (Lipinski definition) is 0. The smallest absolute Gasteiger partial charge is 0.119 e. The molecule has 0 N–H and O–H groups in total. The third-order valence-corrected chi connectivity index (χ3v) is 0.400. The zero-order valence-corrected chi connectivity index (χ0v) is 9.28. The summed E-state index contributed by atoms with van der Waals surface area (Å²) >= 11 is 0. The SMILES string of the molecule is [BiH3].c1ncncn1. The summed E-state index contributed by atoms with van der Waals surface area (Å²) in [6.45, 7) is 0. The van der Waals surface area contributed by atoms with E-state index in [9.17, 15) is 0 Å². The maximum atomic E-state index is 3.56. The first-order chi connectivity index (χ1) is 3.00. The maximum Gasteiger partial charge on any atom is 0.119 e. The Morgan fingerprint density at radius 1 is 0.714 bits per heavy atom. The van der Waals surface area contributed by atoms with Gasteiger partial charge in [-0.2, -0.15) is 0 Å². The van der Waals surface area contributed by atoms with Crippen LogP contribution in [0.15, 0.2) is 19.0 Å². The second-order valence-electron chi connectivity index (χ2n) is 0.794. The summed E-state index contributed by atoms with van der Waals surface area (Å²) in [4.78, 5) is 10.7. The fourth-order valence-corrected chi connectivity index (χ4v) is 0.205. The van der Waals surface area contributed by atoms with Crippen molar-refractivity contribution in [2.75, 3.05) is 0 Å². The Morgan fingerprint density at radius 3 is 1.14 bits per heavy atom. The molecule has 0 aliphatic rings. The zero-order valence-electron chi connectivity index (χ0n) is 3.78. The second kappa shape index (κ2) is 4.06. The van der Waals surface area contributed by atoms with Crippen LogP contribution >= 0.6 is 0 Å². The zero-order chi connectivity index (χ0) is 4.24. The van der Waals surface area contributed by atoms with Crippen LogP contribution in [-0.2, 0) is 0 Å². The first-order valence-electron chi connectivity index (χ1n) is 1.55. The Morgan fingerprint density at radius 2 is 1.00 bits per heavy atom. The topological polar surface area (TPSA) is 38.7 Å². The quantitative estimate of drug-likeness (QED) is 0.557. The van der Waals surface area contributed by atoms with E-state index in [0.29, 0.717) is 0 Å². The van der Waals surface area contributed by atoms with E-state index in [2.05, 4.69) is 15.0 Å². The van der Waals surface area contributed by atoms with Crippen LogP contribution in [0.4, 0.5) is 0 Å². The molecule has 0 radical (unpaired) electrons. The molecule has 0 aliphatic carbocycles. The summed E-state index contributed by atoms with van der Waals surface area (Å²) in [5.41, 5.74) is 0. The van der Waals surface area contributed by atoms with Crippen molar-refractivity contribution >= 4 is 26.2 Å². The molecular weight excluding hydrogens is 287 g/mol. The number of nitrogens with zero attached hydrogens (tertiary/aromatic N) is 3. The summed E-state index contributed by atoms with van der Waals surface area (Å²) in [6, 6.07) is 0. The Kier molecular flexibility index (Phi) is 4.00.